The zero-order valence-electron chi connectivity index (χ0n) is 18.0. The number of anilines is 3. The molecule has 1 amide bonds. The van der Waals surface area contributed by atoms with E-state index in [0.717, 1.165) is 32.2 Å². The Morgan fingerprint density at radius 3 is 2.61 bits per heavy atom. The van der Waals surface area contributed by atoms with E-state index in [-0.39, 0.29) is 11.7 Å². The lowest BCUT2D eigenvalue weighted by Crippen LogP contribution is -2.19. The monoisotopic (exact) mass is 494 g/mol. The van der Waals surface area contributed by atoms with Gasteiger partial charge in [0.05, 0.1) is 23.1 Å². The minimum atomic E-state index is -0.110. The van der Waals surface area contributed by atoms with E-state index in [9.17, 15) is 4.79 Å². The number of hydrogen-bond acceptors (Lipinski definition) is 6. The van der Waals surface area contributed by atoms with E-state index in [2.05, 4.69) is 20.9 Å². The summed E-state index contributed by atoms with van der Waals surface area (Å²) in [6.07, 6.45) is 0. The summed E-state index contributed by atoms with van der Waals surface area (Å²) in [5.74, 6) is 0.928. The van der Waals surface area contributed by atoms with E-state index < -0.39 is 0 Å². The zero-order valence-corrected chi connectivity index (χ0v) is 20.5. The molecular weight excluding hydrogens is 472 g/mol. The number of methoxy groups -OCH3 is 1. The first kappa shape index (κ1) is 23.0. The van der Waals surface area contributed by atoms with E-state index in [4.69, 9.17) is 17.0 Å². The van der Waals surface area contributed by atoms with Gasteiger partial charge in [0.15, 0.2) is 10.2 Å². The van der Waals surface area contributed by atoms with Crippen LogP contribution in [-0.4, -0.2) is 28.9 Å². The van der Waals surface area contributed by atoms with E-state index in [1.807, 2.05) is 73.7 Å². The molecule has 0 saturated carbocycles. The van der Waals surface area contributed by atoms with Gasteiger partial charge in [-0.05, 0) is 67.7 Å². The number of nitrogens with zero attached hydrogens (tertiary/aromatic N) is 1. The maximum atomic E-state index is 12.4. The molecule has 0 spiro atoms. The van der Waals surface area contributed by atoms with Crippen LogP contribution < -0.4 is 20.7 Å². The summed E-state index contributed by atoms with van der Waals surface area (Å²) in [5, 5.41) is 10.3. The Bertz CT molecular complexity index is 1290. The van der Waals surface area contributed by atoms with Crippen LogP contribution in [0.2, 0.25) is 0 Å². The van der Waals surface area contributed by atoms with Crippen molar-refractivity contribution < 1.29 is 9.53 Å². The second-order valence-corrected chi connectivity index (χ2v) is 9.65. The molecule has 33 heavy (non-hydrogen) atoms. The molecule has 3 N–H and O–H groups in total. The van der Waals surface area contributed by atoms with E-state index in [1.165, 1.54) is 28.7 Å². The lowest BCUT2D eigenvalue weighted by Gasteiger charge is -2.11. The minimum Gasteiger partial charge on any atom is -0.497 e. The number of aryl methyl sites for hydroxylation is 1. The summed E-state index contributed by atoms with van der Waals surface area (Å²) in [4.78, 5) is 17.9. The number of thiocarbonyl (C=S) groups is 1. The average molecular weight is 495 g/mol. The summed E-state index contributed by atoms with van der Waals surface area (Å²) in [6.45, 7) is 2.04. The standard InChI is InChI=1S/C24H22N4O2S3/c1-15-6-8-16(9-7-15)25-23(31)26-17-4-3-5-19(12-17)32-14-22(29)28-24-27-20-11-10-18(30-2)13-21(20)33-24/h3-13H,14H2,1-2H3,(H2,25,26,31)(H,27,28,29). The SMILES string of the molecule is COc1ccc2nc(NC(=O)CSc3cccc(NC(=S)Nc4ccc(C)cc4)c3)sc2c1. The Morgan fingerprint density at radius 1 is 1.03 bits per heavy atom. The summed E-state index contributed by atoms with van der Waals surface area (Å²) < 4.78 is 6.20. The molecule has 1 aromatic heterocycles. The van der Waals surface area contributed by atoms with Crippen LogP contribution in [0.1, 0.15) is 5.56 Å². The van der Waals surface area contributed by atoms with Crippen LogP contribution in [0.25, 0.3) is 10.2 Å². The zero-order chi connectivity index (χ0) is 23.2. The van der Waals surface area contributed by atoms with Crippen molar-refractivity contribution >= 4 is 73.1 Å². The van der Waals surface area contributed by atoms with Gasteiger partial charge < -0.3 is 20.7 Å². The molecule has 4 rings (SSSR count). The number of ether oxygens (including phenoxy) is 1. The van der Waals surface area contributed by atoms with Crippen molar-refractivity contribution in [3.8, 4) is 5.75 Å². The van der Waals surface area contributed by atoms with Gasteiger partial charge in [0.25, 0.3) is 0 Å². The maximum absolute atomic E-state index is 12.4. The number of rotatable bonds is 7. The van der Waals surface area contributed by atoms with Crippen molar-refractivity contribution in [2.45, 2.75) is 11.8 Å². The topological polar surface area (TPSA) is 75.3 Å². The fourth-order valence-electron chi connectivity index (χ4n) is 2.98. The number of aromatic nitrogens is 1. The molecule has 1 heterocycles. The Balaban J connectivity index is 1.30. The predicted octanol–water partition coefficient (Wildman–Crippen LogP) is 6.15. The van der Waals surface area contributed by atoms with Crippen molar-refractivity contribution in [2.24, 2.45) is 0 Å². The first-order valence-corrected chi connectivity index (χ1v) is 12.3. The van der Waals surface area contributed by atoms with Crippen LogP contribution in [0.5, 0.6) is 5.75 Å². The van der Waals surface area contributed by atoms with E-state index >= 15 is 0 Å². The maximum Gasteiger partial charge on any atom is 0.236 e. The molecule has 0 aliphatic rings. The highest BCUT2D eigenvalue weighted by atomic mass is 32.2. The van der Waals surface area contributed by atoms with E-state index in [1.54, 1.807) is 7.11 Å². The Morgan fingerprint density at radius 2 is 1.82 bits per heavy atom. The van der Waals surface area contributed by atoms with Gasteiger partial charge in [0.2, 0.25) is 5.91 Å². The summed E-state index contributed by atoms with van der Waals surface area (Å²) in [6, 6.07) is 21.4. The largest absolute Gasteiger partial charge is 0.497 e. The second kappa shape index (κ2) is 10.7. The van der Waals surface area contributed by atoms with Gasteiger partial charge in [0, 0.05) is 16.3 Å². The number of hydrogen-bond donors (Lipinski definition) is 3. The molecule has 0 aliphatic heterocycles. The fourth-order valence-corrected chi connectivity index (χ4v) is 4.88. The molecule has 168 valence electrons. The third-order valence-electron chi connectivity index (χ3n) is 4.61. The number of amides is 1. The lowest BCUT2D eigenvalue weighted by atomic mass is 10.2. The number of fused-ring (bicyclic) bond motifs is 1. The molecule has 9 heteroatoms. The minimum absolute atomic E-state index is 0.110. The van der Waals surface area contributed by atoms with Gasteiger partial charge in [0.1, 0.15) is 5.75 Å². The Kier molecular flexibility index (Phi) is 7.43. The highest BCUT2D eigenvalue weighted by molar-refractivity contribution is 8.00. The number of nitrogens with one attached hydrogen (secondary N) is 3. The van der Waals surface area contributed by atoms with Crippen molar-refractivity contribution in [1.29, 1.82) is 0 Å². The third-order valence-corrected chi connectivity index (χ3v) is 6.74. The molecule has 6 nitrogen and oxygen atoms in total. The first-order valence-electron chi connectivity index (χ1n) is 10.1. The fraction of sp³-hybridized carbons (Fsp3) is 0.125. The number of benzene rings is 3. The van der Waals surface area contributed by atoms with Gasteiger partial charge in [-0.2, -0.15) is 0 Å². The second-order valence-electron chi connectivity index (χ2n) is 7.16. The molecule has 0 atom stereocenters. The number of carbonyl (C=O) groups is 1. The van der Waals surface area contributed by atoms with E-state index in [0.29, 0.717) is 10.2 Å². The molecule has 0 aliphatic carbocycles. The molecule has 4 aromatic rings. The van der Waals surface area contributed by atoms with Gasteiger partial charge >= 0.3 is 0 Å². The predicted molar refractivity (Wildman–Crippen MR) is 143 cm³/mol. The molecular formula is C24H22N4O2S3. The third kappa shape index (κ3) is 6.44. The summed E-state index contributed by atoms with van der Waals surface area (Å²) in [7, 11) is 1.63. The smallest absolute Gasteiger partial charge is 0.236 e. The van der Waals surface area contributed by atoms with Gasteiger partial charge in [-0.3, -0.25) is 4.79 Å². The van der Waals surface area contributed by atoms with Crippen molar-refractivity contribution in [3.63, 3.8) is 0 Å². The lowest BCUT2D eigenvalue weighted by molar-refractivity contribution is -0.113. The van der Waals surface area contributed by atoms with Gasteiger partial charge in [-0.25, -0.2) is 4.98 Å². The highest BCUT2D eigenvalue weighted by Crippen LogP contribution is 2.29. The van der Waals surface area contributed by atoms with Crippen LogP contribution in [0.3, 0.4) is 0 Å². The normalized spacial score (nSPS) is 10.6. The van der Waals surface area contributed by atoms with Crippen LogP contribution in [0, 0.1) is 6.92 Å². The number of carbonyl (C=O) groups excluding carboxylic acids is 1. The van der Waals surface area contributed by atoms with Gasteiger partial charge in [-0.1, -0.05) is 35.1 Å². The van der Waals surface area contributed by atoms with Crippen molar-refractivity contribution in [2.75, 3.05) is 28.8 Å². The molecule has 0 unspecified atom stereocenters. The highest BCUT2D eigenvalue weighted by Gasteiger charge is 2.10. The molecule has 0 fully saturated rings. The summed E-state index contributed by atoms with van der Waals surface area (Å²) in [5.41, 5.74) is 3.80. The Labute approximate surface area is 205 Å². The number of thioether (sulfide) groups is 1. The van der Waals surface area contributed by atoms with Crippen LogP contribution in [-0.2, 0) is 4.79 Å². The summed E-state index contributed by atoms with van der Waals surface area (Å²) >= 11 is 8.28. The Hall–Kier alpha value is -3.14. The van der Waals surface area contributed by atoms with Crippen LogP contribution in [0.4, 0.5) is 16.5 Å². The van der Waals surface area contributed by atoms with Crippen LogP contribution in [0.15, 0.2) is 71.6 Å². The van der Waals surface area contributed by atoms with Crippen LogP contribution >= 0.6 is 35.3 Å². The van der Waals surface area contributed by atoms with Crippen molar-refractivity contribution in [1.82, 2.24) is 4.98 Å². The molecule has 0 bridgehead atoms. The molecule has 0 saturated heterocycles. The molecule has 3 aromatic carbocycles. The number of thiazole rings is 1. The van der Waals surface area contributed by atoms with Gasteiger partial charge in [-0.15, -0.1) is 11.8 Å². The quantitative estimate of drug-likeness (QED) is 0.210. The first-order chi connectivity index (χ1) is 16.0. The molecule has 0 radical (unpaired) electrons. The van der Waals surface area contributed by atoms with Crippen molar-refractivity contribution in [3.05, 3.63) is 72.3 Å². The average Bonchev–Trinajstić information content (AvgIpc) is 3.20.